The summed E-state index contributed by atoms with van der Waals surface area (Å²) in [5, 5.41) is 0. The molecule has 0 fully saturated rings. The van der Waals surface area contributed by atoms with Gasteiger partial charge in [0.2, 0.25) is 5.60 Å². The molecule has 1 aromatic rings. The number of furan rings is 1. The summed E-state index contributed by atoms with van der Waals surface area (Å²) in [5.41, 5.74) is -1.30. The van der Waals surface area contributed by atoms with Gasteiger partial charge in [0, 0.05) is 11.8 Å². The van der Waals surface area contributed by atoms with Crippen LogP contribution in [0.5, 0.6) is 0 Å². The van der Waals surface area contributed by atoms with Crippen molar-refractivity contribution in [1.29, 1.82) is 0 Å². The SMILES string of the molecule is CCOC(=O)C1(CSCc2ccco2)C=CC(=O)O1. The molecule has 1 aliphatic heterocycles. The predicted octanol–water partition coefficient (Wildman–Crippen LogP) is 1.93. The highest BCUT2D eigenvalue weighted by Gasteiger charge is 2.44. The Hall–Kier alpha value is -1.69. The zero-order chi connectivity index (χ0) is 13.7. The first-order chi connectivity index (χ1) is 9.16. The van der Waals surface area contributed by atoms with Gasteiger partial charge in [0.1, 0.15) is 5.76 Å². The molecule has 6 heteroatoms. The Morgan fingerprint density at radius 2 is 2.37 bits per heavy atom. The lowest BCUT2D eigenvalue weighted by Gasteiger charge is -2.23. The molecule has 0 amide bonds. The molecule has 1 atom stereocenters. The molecule has 0 saturated heterocycles. The molecule has 102 valence electrons. The summed E-state index contributed by atoms with van der Waals surface area (Å²) in [4.78, 5) is 23.1. The summed E-state index contributed by atoms with van der Waals surface area (Å²) in [5.74, 6) is 0.641. The van der Waals surface area contributed by atoms with Crippen LogP contribution >= 0.6 is 11.8 Å². The van der Waals surface area contributed by atoms with Crippen LogP contribution in [0.4, 0.5) is 0 Å². The van der Waals surface area contributed by atoms with Crippen LogP contribution in [-0.2, 0) is 24.8 Å². The number of cyclic esters (lactones) is 1. The maximum Gasteiger partial charge on any atom is 0.355 e. The fourth-order valence-electron chi connectivity index (χ4n) is 1.65. The highest BCUT2D eigenvalue weighted by atomic mass is 32.2. The molecule has 5 nitrogen and oxygen atoms in total. The molecule has 2 heterocycles. The van der Waals surface area contributed by atoms with Gasteiger partial charge in [-0.05, 0) is 25.1 Å². The van der Waals surface area contributed by atoms with Crippen molar-refractivity contribution >= 4 is 23.7 Å². The number of thioether (sulfide) groups is 1. The molecule has 0 saturated carbocycles. The van der Waals surface area contributed by atoms with Crippen molar-refractivity contribution < 1.29 is 23.5 Å². The summed E-state index contributed by atoms with van der Waals surface area (Å²) in [7, 11) is 0. The molecule has 1 unspecified atom stereocenters. The molecule has 0 bridgehead atoms. The maximum atomic E-state index is 11.9. The lowest BCUT2D eigenvalue weighted by Crippen LogP contribution is -2.42. The lowest BCUT2D eigenvalue weighted by molar-refractivity contribution is -0.168. The molecular weight excluding hydrogens is 268 g/mol. The first kappa shape index (κ1) is 13.7. The van der Waals surface area contributed by atoms with Crippen LogP contribution < -0.4 is 0 Å². The van der Waals surface area contributed by atoms with E-state index in [-0.39, 0.29) is 6.61 Å². The van der Waals surface area contributed by atoms with E-state index in [2.05, 4.69) is 0 Å². The quantitative estimate of drug-likeness (QED) is 0.743. The van der Waals surface area contributed by atoms with Gasteiger partial charge in [-0.1, -0.05) is 0 Å². The molecule has 0 N–H and O–H groups in total. The topological polar surface area (TPSA) is 65.7 Å². The van der Waals surface area contributed by atoms with Crippen molar-refractivity contribution in [2.75, 3.05) is 12.4 Å². The van der Waals surface area contributed by atoms with Gasteiger partial charge in [-0.2, -0.15) is 0 Å². The third kappa shape index (κ3) is 3.20. The van der Waals surface area contributed by atoms with E-state index in [1.807, 2.05) is 6.07 Å². The summed E-state index contributed by atoms with van der Waals surface area (Å²) in [6.45, 7) is 1.96. The van der Waals surface area contributed by atoms with Crippen LogP contribution in [-0.4, -0.2) is 29.9 Å². The minimum atomic E-state index is -1.30. The van der Waals surface area contributed by atoms with Crippen LogP contribution in [0.25, 0.3) is 0 Å². The standard InChI is InChI=1S/C13H14O5S/c1-2-16-12(15)13(6-5-11(14)18-13)9-19-8-10-4-3-7-17-10/h3-7H,2,8-9H2,1H3. The number of carbonyl (C=O) groups excluding carboxylic acids is 2. The van der Waals surface area contributed by atoms with Crippen LogP contribution in [0.1, 0.15) is 12.7 Å². The lowest BCUT2D eigenvalue weighted by atomic mass is 10.1. The van der Waals surface area contributed by atoms with E-state index in [1.54, 1.807) is 19.3 Å². The van der Waals surface area contributed by atoms with Crippen molar-refractivity contribution in [3.05, 3.63) is 36.3 Å². The van der Waals surface area contributed by atoms with E-state index in [4.69, 9.17) is 13.9 Å². The van der Waals surface area contributed by atoms with Crippen molar-refractivity contribution in [2.24, 2.45) is 0 Å². The Morgan fingerprint density at radius 3 is 2.95 bits per heavy atom. The van der Waals surface area contributed by atoms with E-state index in [0.29, 0.717) is 11.5 Å². The van der Waals surface area contributed by atoms with E-state index in [9.17, 15) is 9.59 Å². The Labute approximate surface area is 114 Å². The summed E-state index contributed by atoms with van der Waals surface area (Å²) < 4.78 is 15.3. The Morgan fingerprint density at radius 1 is 1.53 bits per heavy atom. The third-order valence-corrected chi connectivity index (χ3v) is 3.65. The maximum absolute atomic E-state index is 11.9. The predicted molar refractivity (Wildman–Crippen MR) is 69.5 cm³/mol. The molecule has 0 aliphatic carbocycles. The molecule has 1 aliphatic rings. The number of ether oxygens (including phenoxy) is 2. The second-order valence-electron chi connectivity index (χ2n) is 3.94. The largest absolute Gasteiger partial charge is 0.468 e. The molecule has 0 spiro atoms. The van der Waals surface area contributed by atoms with Crippen LogP contribution in [0.15, 0.2) is 35.0 Å². The van der Waals surface area contributed by atoms with E-state index in [0.717, 1.165) is 5.76 Å². The van der Waals surface area contributed by atoms with Crippen molar-refractivity contribution in [2.45, 2.75) is 18.3 Å². The number of carbonyl (C=O) groups is 2. The van der Waals surface area contributed by atoms with Gasteiger partial charge in [-0.15, -0.1) is 11.8 Å². The summed E-state index contributed by atoms with van der Waals surface area (Å²) in [6.07, 6.45) is 4.30. The van der Waals surface area contributed by atoms with Gasteiger partial charge in [0.25, 0.3) is 0 Å². The van der Waals surface area contributed by atoms with Crippen molar-refractivity contribution in [3.8, 4) is 0 Å². The van der Waals surface area contributed by atoms with Crippen molar-refractivity contribution in [1.82, 2.24) is 0 Å². The molecule has 0 aromatic carbocycles. The molecule has 19 heavy (non-hydrogen) atoms. The molecule has 0 radical (unpaired) electrons. The average molecular weight is 282 g/mol. The third-order valence-electron chi connectivity index (χ3n) is 2.53. The van der Waals surface area contributed by atoms with Gasteiger partial charge in [0.15, 0.2) is 0 Å². The number of rotatable bonds is 6. The van der Waals surface area contributed by atoms with Gasteiger partial charge < -0.3 is 13.9 Å². The first-order valence-electron chi connectivity index (χ1n) is 5.86. The molecular formula is C13H14O5S. The summed E-state index contributed by atoms with van der Waals surface area (Å²) >= 11 is 1.44. The summed E-state index contributed by atoms with van der Waals surface area (Å²) in [6, 6.07) is 3.65. The fraction of sp³-hybridized carbons (Fsp3) is 0.385. The number of esters is 2. The van der Waals surface area contributed by atoms with Crippen LogP contribution in [0.3, 0.4) is 0 Å². The number of hydrogen-bond donors (Lipinski definition) is 0. The Bertz CT molecular complexity index is 479. The fourth-order valence-corrected chi connectivity index (χ4v) is 2.69. The van der Waals surface area contributed by atoms with Gasteiger partial charge >= 0.3 is 11.9 Å². The first-order valence-corrected chi connectivity index (χ1v) is 7.01. The van der Waals surface area contributed by atoms with E-state index in [1.165, 1.54) is 23.9 Å². The Kier molecular flexibility index (Phi) is 4.31. The highest BCUT2D eigenvalue weighted by Crippen LogP contribution is 2.28. The van der Waals surface area contributed by atoms with Crippen LogP contribution in [0, 0.1) is 0 Å². The zero-order valence-electron chi connectivity index (χ0n) is 10.5. The van der Waals surface area contributed by atoms with Gasteiger partial charge in [0.05, 0.1) is 18.6 Å². The average Bonchev–Trinajstić information content (AvgIpc) is 3.01. The molecule has 1 aromatic heterocycles. The minimum Gasteiger partial charge on any atom is -0.468 e. The van der Waals surface area contributed by atoms with Crippen LogP contribution in [0.2, 0.25) is 0 Å². The van der Waals surface area contributed by atoms with Gasteiger partial charge in [-0.3, -0.25) is 0 Å². The second-order valence-corrected chi connectivity index (χ2v) is 4.92. The molecule has 2 rings (SSSR count). The smallest absolute Gasteiger partial charge is 0.355 e. The normalized spacial score (nSPS) is 21.4. The highest BCUT2D eigenvalue weighted by molar-refractivity contribution is 7.98. The van der Waals surface area contributed by atoms with Gasteiger partial charge in [-0.25, -0.2) is 9.59 Å². The van der Waals surface area contributed by atoms with E-state index < -0.39 is 17.5 Å². The second kappa shape index (κ2) is 5.97. The monoisotopic (exact) mass is 282 g/mol. The Balaban J connectivity index is 1.97. The zero-order valence-corrected chi connectivity index (χ0v) is 11.3. The van der Waals surface area contributed by atoms with Crippen molar-refractivity contribution in [3.63, 3.8) is 0 Å². The number of hydrogen-bond acceptors (Lipinski definition) is 6. The van der Waals surface area contributed by atoms with E-state index >= 15 is 0 Å². The minimum absolute atomic E-state index is 0.245.